The molecule has 3 aromatic rings. The first-order valence-electron chi connectivity index (χ1n) is 11.0. The van der Waals surface area contributed by atoms with Gasteiger partial charge in [-0.05, 0) is 42.8 Å². The van der Waals surface area contributed by atoms with Crippen LogP contribution in [0.4, 0.5) is 0 Å². The van der Waals surface area contributed by atoms with Crippen molar-refractivity contribution < 1.29 is 19.1 Å². The molecule has 0 aliphatic carbocycles. The SMILES string of the molecule is COc1ccc(C(=O)N2CC[C@H](NC(=O)c3ccccc3Cl)[C@@H](c3ccn(C)n3)C2)cc1OC. The molecule has 0 spiro atoms. The van der Waals surface area contributed by atoms with Crippen molar-refractivity contribution in [2.45, 2.75) is 18.4 Å². The zero-order valence-corrected chi connectivity index (χ0v) is 20.1. The molecule has 2 aromatic carbocycles. The first-order chi connectivity index (χ1) is 16.4. The maximum Gasteiger partial charge on any atom is 0.254 e. The van der Waals surface area contributed by atoms with E-state index < -0.39 is 0 Å². The highest BCUT2D eigenvalue weighted by Crippen LogP contribution is 2.31. The molecule has 178 valence electrons. The van der Waals surface area contributed by atoms with E-state index in [0.29, 0.717) is 47.2 Å². The van der Waals surface area contributed by atoms with Crippen molar-refractivity contribution in [3.63, 3.8) is 0 Å². The van der Waals surface area contributed by atoms with E-state index in [9.17, 15) is 9.59 Å². The highest BCUT2D eigenvalue weighted by Gasteiger charge is 2.35. The van der Waals surface area contributed by atoms with E-state index in [1.165, 1.54) is 7.11 Å². The van der Waals surface area contributed by atoms with Crippen molar-refractivity contribution in [2.75, 3.05) is 27.3 Å². The van der Waals surface area contributed by atoms with Crippen LogP contribution in [0.25, 0.3) is 0 Å². The highest BCUT2D eigenvalue weighted by molar-refractivity contribution is 6.33. The topological polar surface area (TPSA) is 85.7 Å². The molecule has 1 aliphatic heterocycles. The fourth-order valence-electron chi connectivity index (χ4n) is 4.28. The summed E-state index contributed by atoms with van der Waals surface area (Å²) in [6, 6.07) is 13.8. The van der Waals surface area contributed by atoms with Gasteiger partial charge in [-0.2, -0.15) is 5.10 Å². The fourth-order valence-corrected chi connectivity index (χ4v) is 4.50. The van der Waals surface area contributed by atoms with Gasteiger partial charge in [0.1, 0.15) is 0 Å². The number of carbonyl (C=O) groups excluding carboxylic acids is 2. The molecule has 2 heterocycles. The summed E-state index contributed by atoms with van der Waals surface area (Å²) >= 11 is 6.22. The second-order valence-corrected chi connectivity index (χ2v) is 8.60. The first-order valence-corrected chi connectivity index (χ1v) is 11.3. The van der Waals surface area contributed by atoms with Crippen LogP contribution in [0.15, 0.2) is 54.7 Å². The maximum atomic E-state index is 13.3. The number of amides is 2. The van der Waals surface area contributed by atoms with E-state index in [1.54, 1.807) is 59.2 Å². The molecule has 1 fully saturated rings. The van der Waals surface area contributed by atoms with Crippen LogP contribution < -0.4 is 14.8 Å². The number of halogens is 1. The van der Waals surface area contributed by atoms with E-state index in [-0.39, 0.29) is 23.8 Å². The molecule has 8 nitrogen and oxygen atoms in total. The standard InChI is InChI=1S/C25H27ClN4O4/c1-29-12-10-21(28-29)18-15-30(25(32)16-8-9-22(33-2)23(14-16)34-3)13-11-20(18)27-24(31)17-6-4-5-7-19(17)26/h4-10,12,14,18,20H,11,13,15H2,1-3H3,(H,27,31)/t18-,20-/m0/s1. The summed E-state index contributed by atoms with van der Waals surface area (Å²) in [4.78, 5) is 28.1. The molecule has 9 heteroatoms. The number of rotatable bonds is 6. The summed E-state index contributed by atoms with van der Waals surface area (Å²) in [5.41, 5.74) is 1.75. The van der Waals surface area contributed by atoms with Crippen LogP contribution in [0.2, 0.25) is 5.02 Å². The van der Waals surface area contributed by atoms with Crippen LogP contribution in [0.3, 0.4) is 0 Å². The molecule has 2 atom stereocenters. The van der Waals surface area contributed by atoms with Crippen LogP contribution in [0, 0.1) is 0 Å². The summed E-state index contributed by atoms with van der Waals surface area (Å²) in [5, 5.41) is 8.08. The third kappa shape index (κ3) is 4.87. The molecular formula is C25H27ClN4O4. The van der Waals surface area contributed by atoms with E-state index in [0.717, 1.165) is 5.69 Å². The smallest absolute Gasteiger partial charge is 0.254 e. The summed E-state index contributed by atoms with van der Waals surface area (Å²) in [6.07, 6.45) is 2.44. The number of nitrogens with one attached hydrogen (secondary N) is 1. The number of ether oxygens (including phenoxy) is 2. The molecule has 2 amide bonds. The number of hydrogen-bond donors (Lipinski definition) is 1. The van der Waals surface area contributed by atoms with Gasteiger partial charge in [0.2, 0.25) is 0 Å². The van der Waals surface area contributed by atoms with Gasteiger partial charge in [-0.3, -0.25) is 14.3 Å². The van der Waals surface area contributed by atoms with Crippen LogP contribution in [0.5, 0.6) is 11.5 Å². The Morgan fingerprint density at radius 3 is 2.53 bits per heavy atom. The zero-order chi connectivity index (χ0) is 24.2. The molecule has 0 unspecified atom stereocenters. The number of likely N-dealkylation sites (tertiary alicyclic amines) is 1. The van der Waals surface area contributed by atoms with E-state index in [4.69, 9.17) is 21.1 Å². The minimum absolute atomic E-state index is 0.113. The number of carbonyl (C=O) groups is 2. The lowest BCUT2D eigenvalue weighted by molar-refractivity contribution is 0.0669. The van der Waals surface area contributed by atoms with Gasteiger partial charge < -0.3 is 19.7 Å². The van der Waals surface area contributed by atoms with Crippen molar-refractivity contribution in [1.82, 2.24) is 20.0 Å². The van der Waals surface area contributed by atoms with Crippen molar-refractivity contribution in [2.24, 2.45) is 7.05 Å². The van der Waals surface area contributed by atoms with Gasteiger partial charge in [-0.15, -0.1) is 0 Å². The number of aromatic nitrogens is 2. The number of nitrogens with zero attached hydrogens (tertiary/aromatic N) is 3. The number of piperidine rings is 1. The van der Waals surface area contributed by atoms with Gasteiger partial charge in [-0.25, -0.2) is 0 Å². The first kappa shape index (κ1) is 23.6. The van der Waals surface area contributed by atoms with Gasteiger partial charge in [0, 0.05) is 43.9 Å². The number of methoxy groups -OCH3 is 2. The molecule has 34 heavy (non-hydrogen) atoms. The predicted molar refractivity (Wildman–Crippen MR) is 129 cm³/mol. The molecule has 1 saturated heterocycles. The molecule has 0 bridgehead atoms. The average molecular weight is 483 g/mol. The largest absolute Gasteiger partial charge is 0.493 e. The molecule has 4 rings (SSSR count). The third-order valence-electron chi connectivity index (χ3n) is 6.08. The Labute approximate surface area is 203 Å². The van der Waals surface area contributed by atoms with Crippen molar-refractivity contribution in [1.29, 1.82) is 0 Å². The summed E-state index contributed by atoms with van der Waals surface area (Å²) < 4.78 is 12.4. The lowest BCUT2D eigenvalue weighted by Crippen LogP contribution is -2.51. The van der Waals surface area contributed by atoms with Gasteiger partial charge in [0.05, 0.1) is 30.5 Å². The second-order valence-electron chi connectivity index (χ2n) is 8.19. The summed E-state index contributed by atoms with van der Waals surface area (Å²) in [7, 11) is 4.94. The van der Waals surface area contributed by atoms with E-state index >= 15 is 0 Å². The molecular weight excluding hydrogens is 456 g/mol. The summed E-state index contributed by atoms with van der Waals surface area (Å²) in [6.45, 7) is 0.904. The second kappa shape index (κ2) is 10.2. The van der Waals surface area contributed by atoms with E-state index in [1.807, 2.05) is 19.3 Å². The van der Waals surface area contributed by atoms with Gasteiger partial charge in [0.25, 0.3) is 11.8 Å². The Morgan fingerprint density at radius 1 is 1.09 bits per heavy atom. The van der Waals surface area contributed by atoms with Crippen molar-refractivity contribution in [3.05, 3.63) is 76.6 Å². The van der Waals surface area contributed by atoms with Crippen LogP contribution >= 0.6 is 11.6 Å². The Kier molecular flexibility index (Phi) is 7.07. The van der Waals surface area contributed by atoms with E-state index in [2.05, 4.69) is 10.4 Å². The molecule has 1 N–H and O–H groups in total. The Balaban J connectivity index is 1.56. The Morgan fingerprint density at radius 2 is 1.85 bits per heavy atom. The monoisotopic (exact) mass is 482 g/mol. The van der Waals surface area contributed by atoms with Gasteiger partial charge in [0.15, 0.2) is 11.5 Å². The predicted octanol–water partition coefficient (Wildman–Crippen LogP) is 3.52. The number of hydrogen-bond acceptors (Lipinski definition) is 5. The highest BCUT2D eigenvalue weighted by atomic mass is 35.5. The van der Waals surface area contributed by atoms with Crippen molar-refractivity contribution in [3.8, 4) is 11.5 Å². The lowest BCUT2D eigenvalue weighted by Gasteiger charge is -2.38. The van der Waals surface area contributed by atoms with Gasteiger partial charge in [-0.1, -0.05) is 23.7 Å². The quantitative estimate of drug-likeness (QED) is 0.581. The Bertz CT molecular complexity index is 1200. The number of benzene rings is 2. The average Bonchev–Trinajstić information content (AvgIpc) is 3.29. The summed E-state index contributed by atoms with van der Waals surface area (Å²) in [5.74, 6) is 0.530. The fraction of sp³-hybridized carbons (Fsp3) is 0.320. The van der Waals surface area contributed by atoms with Crippen LogP contribution in [-0.4, -0.2) is 59.8 Å². The molecule has 0 saturated carbocycles. The van der Waals surface area contributed by atoms with Crippen LogP contribution in [-0.2, 0) is 7.05 Å². The van der Waals surface area contributed by atoms with Crippen molar-refractivity contribution >= 4 is 23.4 Å². The normalized spacial score (nSPS) is 17.8. The third-order valence-corrected chi connectivity index (χ3v) is 6.41. The lowest BCUT2D eigenvalue weighted by atomic mass is 9.88. The minimum atomic E-state index is -0.240. The minimum Gasteiger partial charge on any atom is -0.493 e. The molecule has 0 radical (unpaired) electrons. The maximum absolute atomic E-state index is 13.3. The van der Waals surface area contributed by atoms with Gasteiger partial charge >= 0.3 is 0 Å². The molecule has 1 aliphatic rings. The van der Waals surface area contributed by atoms with Crippen LogP contribution in [0.1, 0.15) is 38.7 Å². The zero-order valence-electron chi connectivity index (χ0n) is 19.3. The Hall–Kier alpha value is -3.52. The number of aryl methyl sites for hydroxylation is 1. The molecule has 1 aromatic heterocycles.